The van der Waals surface area contributed by atoms with E-state index in [0.717, 1.165) is 38.8 Å². The van der Waals surface area contributed by atoms with E-state index in [4.69, 9.17) is 0 Å². The number of pyridine rings is 1. The molecule has 0 bridgehead atoms. The summed E-state index contributed by atoms with van der Waals surface area (Å²) in [6, 6.07) is 13.7. The van der Waals surface area contributed by atoms with Crippen LogP contribution in [0.1, 0.15) is 43.2 Å². The zero-order valence-corrected chi connectivity index (χ0v) is 17.6. The lowest BCUT2D eigenvalue weighted by Crippen LogP contribution is -2.47. The maximum Gasteiger partial charge on any atom is 0.242 e. The summed E-state index contributed by atoms with van der Waals surface area (Å²) >= 11 is 0. The third kappa shape index (κ3) is 7.59. The molecule has 30 heavy (non-hydrogen) atoms. The third-order valence-corrected chi connectivity index (χ3v) is 5.49. The van der Waals surface area contributed by atoms with Crippen molar-refractivity contribution in [3.63, 3.8) is 0 Å². The number of hydrogen-bond donors (Lipinski definition) is 2. The van der Waals surface area contributed by atoms with Crippen molar-refractivity contribution in [1.29, 1.82) is 0 Å². The molecule has 1 unspecified atom stereocenters. The molecule has 3 rings (SSSR count). The van der Waals surface area contributed by atoms with Gasteiger partial charge in [-0.05, 0) is 49.1 Å². The zero-order chi connectivity index (χ0) is 21.0. The topological polar surface area (TPSA) is 74.3 Å². The summed E-state index contributed by atoms with van der Waals surface area (Å²) in [7, 11) is 0. The Bertz CT molecular complexity index is 782. The van der Waals surface area contributed by atoms with E-state index >= 15 is 0 Å². The van der Waals surface area contributed by atoms with E-state index < -0.39 is 6.04 Å². The molecule has 2 amide bonds. The van der Waals surface area contributed by atoms with Crippen LogP contribution in [0, 0.1) is 0 Å². The van der Waals surface area contributed by atoms with E-state index in [1.807, 2.05) is 30.3 Å². The van der Waals surface area contributed by atoms with E-state index in [1.165, 1.54) is 11.1 Å². The Kier molecular flexibility index (Phi) is 8.84. The standard InChI is InChI=1S/C24H32N4O2/c29-23-13-18-28(19-21-10-14-25-15-11-21)17-6-2-5-9-22(27-23)24(30)26-16-12-20-7-3-1-4-8-20/h1,3-4,7-8,10-11,14-15,22H,2,5-6,9,12-13,16-19H2,(H,26,30)(H,27,29). The summed E-state index contributed by atoms with van der Waals surface area (Å²) in [4.78, 5) is 31.5. The summed E-state index contributed by atoms with van der Waals surface area (Å²) < 4.78 is 0. The number of rotatable bonds is 6. The predicted molar refractivity (Wildman–Crippen MR) is 118 cm³/mol. The van der Waals surface area contributed by atoms with Crippen molar-refractivity contribution in [2.24, 2.45) is 0 Å². The van der Waals surface area contributed by atoms with E-state index in [-0.39, 0.29) is 11.8 Å². The molecule has 1 atom stereocenters. The molecule has 0 aliphatic carbocycles. The number of carbonyl (C=O) groups is 2. The fourth-order valence-electron chi connectivity index (χ4n) is 3.77. The van der Waals surface area contributed by atoms with Gasteiger partial charge in [-0.1, -0.05) is 43.2 Å². The van der Waals surface area contributed by atoms with Crippen molar-refractivity contribution >= 4 is 11.8 Å². The molecule has 1 saturated heterocycles. The minimum atomic E-state index is -0.444. The molecule has 0 spiro atoms. The van der Waals surface area contributed by atoms with Crippen molar-refractivity contribution in [3.05, 3.63) is 66.0 Å². The Balaban J connectivity index is 1.48. The van der Waals surface area contributed by atoms with Gasteiger partial charge in [-0.25, -0.2) is 0 Å². The maximum atomic E-state index is 12.6. The van der Waals surface area contributed by atoms with Crippen LogP contribution in [-0.2, 0) is 22.6 Å². The van der Waals surface area contributed by atoms with E-state index in [9.17, 15) is 9.59 Å². The van der Waals surface area contributed by atoms with Crippen LogP contribution in [0.2, 0.25) is 0 Å². The molecule has 2 aromatic rings. The minimum Gasteiger partial charge on any atom is -0.354 e. The highest BCUT2D eigenvalue weighted by atomic mass is 16.2. The smallest absolute Gasteiger partial charge is 0.242 e. The fraction of sp³-hybridized carbons (Fsp3) is 0.458. The van der Waals surface area contributed by atoms with E-state index in [2.05, 4.69) is 32.7 Å². The second kappa shape index (κ2) is 12.1. The first-order valence-corrected chi connectivity index (χ1v) is 10.9. The summed E-state index contributed by atoms with van der Waals surface area (Å²) in [5.41, 5.74) is 2.40. The molecular weight excluding hydrogens is 376 g/mol. The lowest BCUT2D eigenvalue weighted by molar-refractivity contribution is -0.129. The van der Waals surface area contributed by atoms with Gasteiger partial charge in [0.2, 0.25) is 11.8 Å². The van der Waals surface area contributed by atoms with Crippen LogP contribution in [-0.4, -0.2) is 47.4 Å². The molecule has 1 fully saturated rings. The molecule has 1 aromatic carbocycles. The number of aromatic nitrogens is 1. The first-order valence-electron chi connectivity index (χ1n) is 10.9. The van der Waals surface area contributed by atoms with E-state index in [0.29, 0.717) is 25.9 Å². The number of carbonyl (C=O) groups excluding carboxylic acids is 2. The monoisotopic (exact) mass is 408 g/mol. The lowest BCUT2D eigenvalue weighted by Gasteiger charge is -2.22. The number of nitrogens with one attached hydrogen (secondary N) is 2. The average molecular weight is 409 g/mol. The van der Waals surface area contributed by atoms with Gasteiger partial charge in [0.15, 0.2) is 0 Å². The van der Waals surface area contributed by atoms with Gasteiger partial charge in [0.05, 0.1) is 0 Å². The molecule has 1 aromatic heterocycles. The molecule has 6 heteroatoms. The molecule has 1 aliphatic rings. The van der Waals surface area contributed by atoms with Crippen molar-refractivity contribution in [2.45, 2.75) is 51.1 Å². The molecule has 0 saturated carbocycles. The number of hydrogen-bond acceptors (Lipinski definition) is 4. The highest BCUT2D eigenvalue weighted by Gasteiger charge is 2.21. The van der Waals surface area contributed by atoms with Gasteiger partial charge in [-0.3, -0.25) is 19.5 Å². The Hall–Kier alpha value is -2.73. The SMILES string of the molecule is O=C1CCN(Cc2ccncc2)CCCCCC(C(=O)NCCc2ccccc2)N1. The first kappa shape index (κ1) is 22.0. The second-order valence-corrected chi connectivity index (χ2v) is 7.88. The largest absolute Gasteiger partial charge is 0.354 e. The van der Waals surface area contributed by atoms with Crippen molar-refractivity contribution < 1.29 is 9.59 Å². The normalized spacial score (nSPS) is 18.8. The molecule has 6 nitrogen and oxygen atoms in total. The second-order valence-electron chi connectivity index (χ2n) is 7.88. The average Bonchev–Trinajstić information content (AvgIpc) is 2.81. The Morgan fingerprint density at radius 1 is 1.03 bits per heavy atom. The van der Waals surface area contributed by atoms with Crippen LogP contribution in [0.3, 0.4) is 0 Å². The maximum absolute atomic E-state index is 12.6. The van der Waals surface area contributed by atoms with Crippen LogP contribution in [0.15, 0.2) is 54.9 Å². The van der Waals surface area contributed by atoms with Crippen LogP contribution in [0.25, 0.3) is 0 Å². The Labute approximate surface area is 179 Å². The third-order valence-electron chi connectivity index (χ3n) is 5.49. The first-order chi connectivity index (χ1) is 14.7. The minimum absolute atomic E-state index is 0.0557. The van der Waals surface area contributed by atoms with E-state index in [1.54, 1.807) is 12.4 Å². The van der Waals surface area contributed by atoms with Gasteiger partial charge in [0.25, 0.3) is 0 Å². The van der Waals surface area contributed by atoms with Crippen LogP contribution < -0.4 is 10.6 Å². The molecular formula is C24H32N4O2. The highest BCUT2D eigenvalue weighted by Crippen LogP contribution is 2.11. The van der Waals surface area contributed by atoms with Crippen LogP contribution >= 0.6 is 0 Å². The lowest BCUT2D eigenvalue weighted by atomic mass is 10.1. The molecule has 2 N–H and O–H groups in total. The molecule has 2 heterocycles. The fourth-order valence-corrected chi connectivity index (χ4v) is 3.77. The van der Waals surface area contributed by atoms with Gasteiger partial charge in [-0.15, -0.1) is 0 Å². The van der Waals surface area contributed by atoms with Crippen molar-refractivity contribution in [1.82, 2.24) is 20.5 Å². The molecule has 1 aliphatic heterocycles. The zero-order valence-electron chi connectivity index (χ0n) is 17.6. The van der Waals surface area contributed by atoms with Crippen LogP contribution in [0.5, 0.6) is 0 Å². The molecule has 0 radical (unpaired) electrons. The Morgan fingerprint density at radius 3 is 2.63 bits per heavy atom. The Morgan fingerprint density at radius 2 is 1.83 bits per heavy atom. The van der Waals surface area contributed by atoms with Crippen molar-refractivity contribution in [3.8, 4) is 0 Å². The van der Waals surface area contributed by atoms with Gasteiger partial charge >= 0.3 is 0 Å². The highest BCUT2D eigenvalue weighted by molar-refractivity contribution is 5.87. The molecule has 160 valence electrons. The number of benzene rings is 1. The number of amides is 2. The van der Waals surface area contributed by atoms with Gasteiger partial charge in [0, 0.05) is 38.4 Å². The van der Waals surface area contributed by atoms with Gasteiger partial charge in [-0.2, -0.15) is 0 Å². The summed E-state index contributed by atoms with van der Waals surface area (Å²) in [5, 5.41) is 5.95. The van der Waals surface area contributed by atoms with Crippen molar-refractivity contribution in [2.75, 3.05) is 19.6 Å². The van der Waals surface area contributed by atoms with Gasteiger partial charge in [0.1, 0.15) is 6.04 Å². The summed E-state index contributed by atoms with van der Waals surface area (Å²) in [5.74, 6) is -0.132. The summed E-state index contributed by atoms with van der Waals surface area (Å²) in [6.07, 6.45) is 8.53. The predicted octanol–water partition coefficient (Wildman–Crippen LogP) is 2.69. The number of nitrogens with zero attached hydrogens (tertiary/aromatic N) is 2. The summed E-state index contributed by atoms with van der Waals surface area (Å²) in [6.45, 7) is 3.05. The van der Waals surface area contributed by atoms with Crippen LogP contribution in [0.4, 0.5) is 0 Å². The van der Waals surface area contributed by atoms with Gasteiger partial charge < -0.3 is 10.6 Å². The quantitative estimate of drug-likeness (QED) is 0.771.